The van der Waals surface area contributed by atoms with Crippen molar-refractivity contribution in [2.75, 3.05) is 44.4 Å². The number of methoxy groups -OCH3 is 1. The minimum atomic E-state index is -3.44. The molecule has 3 aliphatic heterocycles. The van der Waals surface area contributed by atoms with Gasteiger partial charge in [0.1, 0.15) is 11.9 Å². The number of rotatable bonds is 8. The molecule has 0 saturated carbocycles. The molecule has 0 aromatic heterocycles. The van der Waals surface area contributed by atoms with Crippen molar-refractivity contribution < 1.29 is 37.0 Å². The van der Waals surface area contributed by atoms with E-state index in [-0.39, 0.29) is 61.4 Å². The molecule has 1 unspecified atom stereocenters. The molecular weight excluding hydrogens is 641 g/mol. The van der Waals surface area contributed by atoms with Crippen LogP contribution in [-0.2, 0) is 31.4 Å². The molecule has 5 rings (SSSR count). The van der Waals surface area contributed by atoms with Gasteiger partial charge in [0, 0.05) is 60.0 Å². The Kier molecular flexibility index (Phi) is 10.4. The number of piperazine rings is 1. The van der Waals surface area contributed by atoms with E-state index in [1.807, 2.05) is 0 Å². The predicted molar refractivity (Wildman–Crippen MR) is 170 cm³/mol. The van der Waals surface area contributed by atoms with Crippen molar-refractivity contribution in [3.8, 4) is 0 Å². The maximum atomic E-state index is 15.4. The molecule has 2 aromatic rings. The lowest BCUT2D eigenvalue weighted by molar-refractivity contribution is -0.120. The summed E-state index contributed by atoms with van der Waals surface area (Å²) in [5.41, 5.74) is 0.00697. The highest BCUT2D eigenvalue weighted by molar-refractivity contribution is 7.89. The van der Waals surface area contributed by atoms with Gasteiger partial charge >= 0.3 is 12.2 Å². The number of anilines is 1. The zero-order chi connectivity index (χ0) is 33.1. The number of carboxylic acid groups (broad SMARTS) is 1. The van der Waals surface area contributed by atoms with E-state index in [1.54, 1.807) is 30.3 Å². The second-order valence-electron chi connectivity index (χ2n) is 12.1. The maximum absolute atomic E-state index is 15.4. The number of likely N-dealkylation sites (tertiary alicyclic amines) is 1. The number of hydrogen-bond donors (Lipinski definition) is 4. The molecule has 2 bridgehead atoms. The fourth-order valence-corrected chi connectivity index (χ4v) is 8.88. The summed E-state index contributed by atoms with van der Waals surface area (Å²) in [5.74, 6) is -1.12. The van der Waals surface area contributed by atoms with Gasteiger partial charge in [0.15, 0.2) is 0 Å². The van der Waals surface area contributed by atoms with E-state index in [4.69, 9.17) is 16.3 Å². The van der Waals surface area contributed by atoms with Crippen LogP contribution in [0.3, 0.4) is 0 Å². The average Bonchev–Trinajstić information content (AvgIpc) is 3.15. The number of sulfonamides is 1. The number of benzene rings is 2. The molecule has 4 N–H and O–H groups in total. The number of piperidine rings is 1. The van der Waals surface area contributed by atoms with Crippen LogP contribution in [0.5, 0.6) is 0 Å². The Balaban J connectivity index is 1.43. The summed E-state index contributed by atoms with van der Waals surface area (Å²) in [6.07, 6.45) is 0.265. The number of alkyl carbamates (subject to hydrolysis) is 1. The zero-order valence-corrected chi connectivity index (χ0v) is 27.1. The van der Waals surface area contributed by atoms with Gasteiger partial charge in [-0.15, -0.1) is 0 Å². The summed E-state index contributed by atoms with van der Waals surface area (Å²) < 4.78 is 47.7. The highest BCUT2D eigenvalue weighted by Gasteiger charge is 2.48. The Bertz CT molecular complexity index is 1550. The molecule has 0 aliphatic carbocycles. The van der Waals surface area contributed by atoms with E-state index in [0.29, 0.717) is 36.5 Å². The number of carbonyl (C=O) groups is 3. The number of hydrogen-bond acceptors (Lipinski definition) is 7. The Hall–Kier alpha value is -3.46. The van der Waals surface area contributed by atoms with Crippen LogP contribution in [0, 0.1) is 5.82 Å². The van der Waals surface area contributed by atoms with Crippen molar-refractivity contribution in [2.24, 2.45) is 0 Å². The number of carbonyl (C=O) groups excluding carboxylic acids is 2. The summed E-state index contributed by atoms with van der Waals surface area (Å²) in [7, 11) is -2.27. The Morgan fingerprint density at radius 2 is 1.89 bits per heavy atom. The zero-order valence-electron chi connectivity index (χ0n) is 25.5. The summed E-state index contributed by atoms with van der Waals surface area (Å²) in [6.45, 7) is 1.03. The molecule has 4 atom stereocenters. The highest BCUT2D eigenvalue weighted by Crippen LogP contribution is 2.40. The van der Waals surface area contributed by atoms with E-state index >= 15 is 4.39 Å². The maximum Gasteiger partial charge on any atom is 0.407 e. The minimum absolute atomic E-state index is 0.0802. The van der Waals surface area contributed by atoms with Crippen LogP contribution in [0.15, 0.2) is 42.5 Å². The Morgan fingerprint density at radius 3 is 2.57 bits per heavy atom. The van der Waals surface area contributed by atoms with Crippen LogP contribution in [0.1, 0.15) is 43.2 Å². The SMILES string of the molecule is COC(=O)N[C@H](C(=O)Nc1cccc(F)c1CC[C@H]1CN[C@@H]2CCCS(=O)(=O)N1C2)C1(c2ccc(Cl)cc2)CCN(C(=O)O)CC1. The van der Waals surface area contributed by atoms with Gasteiger partial charge in [-0.1, -0.05) is 29.8 Å². The molecule has 3 saturated heterocycles. The first-order chi connectivity index (χ1) is 21.9. The lowest BCUT2D eigenvalue weighted by atomic mass is 9.67. The standard InChI is InChI=1S/C31H39ClFN5O7S/c1-45-29(40)36-27(31(20-7-9-21(32)10-8-20)13-15-37(16-14-31)30(41)42)28(39)35-26-6-2-5-25(33)24(26)12-11-23-18-34-22-4-3-17-46(43,44)38(23)19-22/h2,5-10,22-23,27,34H,3-4,11-19H2,1H3,(H,35,39)(H,36,40)(H,41,42)/t22-,23+,27-/m1/s1. The van der Waals surface area contributed by atoms with Crippen LogP contribution < -0.4 is 16.0 Å². The van der Waals surface area contributed by atoms with Gasteiger partial charge in [0.2, 0.25) is 15.9 Å². The normalized spacial score (nSPS) is 24.2. The first-order valence-corrected chi connectivity index (χ1v) is 17.3. The van der Waals surface area contributed by atoms with E-state index in [2.05, 4.69) is 16.0 Å². The summed E-state index contributed by atoms with van der Waals surface area (Å²) in [5, 5.41) is 19.0. The smallest absolute Gasteiger partial charge is 0.407 e. The molecule has 0 radical (unpaired) electrons. The topological polar surface area (TPSA) is 157 Å². The number of fused-ring (bicyclic) bond motifs is 2. The number of amides is 3. The van der Waals surface area contributed by atoms with E-state index in [0.717, 1.165) is 6.42 Å². The number of nitrogens with zero attached hydrogens (tertiary/aromatic N) is 2. The van der Waals surface area contributed by atoms with Gasteiger partial charge in [-0.25, -0.2) is 22.4 Å². The molecule has 15 heteroatoms. The Morgan fingerprint density at radius 1 is 1.17 bits per heavy atom. The van der Waals surface area contributed by atoms with Crippen molar-refractivity contribution in [1.29, 1.82) is 0 Å². The van der Waals surface area contributed by atoms with Gasteiger partial charge in [0.25, 0.3) is 0 Å². The summed E-state index contributed by atoms with van der Waals surface area (Å²) in [6, 6.07) is 9.58. The average molecular weight is 680 g/mol. The number of halogens is 2. The molecule has 3 heterocycles. The third-order valence-corrected chi connectivity index (χ3v) is 11.7. The third-order valence-electron chi connectivity index (χ3n) is 9.47. The fourth-order valence-electron chi connectivity index (χ4n) is 6.94. The van der Waals surface area contributed by atoms with Crippen molar-refractivity contribution >= 4 is 45.4 Å². The first-order valence-electron chi connectivity index (χ1n) is 15.3. The molecule has 250 valence electrons. The predicted octanol–water partition coefficient (Wildman–Crippen LogP) is 3.55. The van der Waals surface area contributed by atoms with Crippen molar-refractivity contribution in [3.63, 3.8) is 0 Å². The van der Waals surface area contributed by atoms with Crippen LogP contribution in [-0.4, -0.2) is 98.0 Å². The monoisotopic (exact) mass is 679 g/mol. The van der Waals surface area contributed by atoms with E-state index in [9.17, 15) is 27.9 Å². The lowest BCUT2D eigenvalue weighted by Gasteiger charge is -2.45. The first kappa shape index (κ1) is 33.9. The molecule has 0 spiro atoms. The largest absolute Gasteiger partial charge is 0.465 e. The van der Waals surface area contributed by atoms with Gasteiger partial charge in [-0.05, 0) is 68.4 Å². The summed E-state index contributed by atoms with van der Waals surface area (Å²) in [4.78, 5) is 39.8. The minimum Gasteiger partial charge on any atom is -0.465 e. The molecule has 2 aromatic carbocycles. The summed E-state index contributed by atoms with van der Waals surface area (Å²) >= 11 is 6.16. The van der Waals surface area contributed by atoms with Gasteiger partial charge in [-0.3, -0.25) is 4.79 Å². The van der Waals surface area contributed by atoms with Crippen molar-refractivity contribution in [2.45, 2.75) is 62.1 Å². The molecule has 3 amide bonds. The lowest BCUT2D eigenvalue weighted by Crippen LogP contribution is -2.60. The van der Waals surface area contributed by atoms with E-state index in [1.165, 1.54) is 28.4 Å². The van der Waals surface area contributed by atoms with Crippen LogP contribution >= 0.6 is 11.6 Å². The quantitative estimate of drug-likeness (QED) is 0.330. The second-order valence-corrected chi connectivity index (χ2v) is 14.6. The number of nitrogens with one attached hydrogen (secondary N) is 3. The molecule has 46 heavy (non-hydrogen) atoms. The Labute approximate surface area is 272 Å². The number of ether oxygens (including phenoxy) is 1. The van der Waals surface area contributed by atoms with Crippen molar-refractivity contribution in [1.82, 2.24) is 19.8 Å². The third kappa shape index (κ3) is 7.24. The van der Waals surface area contributed by atoms with Crippen LogP contribution in [0.4, 0.5) is 19.7 Å². The van der Waals surface area contributed by atoms with Crippen molar-refractivity contribution in [3.05, 3.63) is 64.4 Å². The van der Waals surface area contributed by atoms with Gasteiger partial charge < -0.3 is 30.7 Å². The molecule has 12 nitrogen and oxygen atoms in total. The van der Waals surface area contributed by atoms with Crippen LogP contribution in [0.25, 0.3) is 0 Å². The highest BCUT2D eigenvalue weighted by atomic mass is 35.5. The van der Waals surface area contributed by atoms with Crippen LogP contribution in [0.2, 0.25) is 5.02 Å². The second kappa shape index (κ2) is 14.1. The molecule has 3 fully saturated rings. The van der Waals surface area contributed by atoms with Gasteiger partial charge in [-0.2, -0.15) is 4.31 Å². The molecule has 3 aliphatic rings. The fraction of sp³-hybridized carbons (Fsp3) is 0.516. The molecular formula is C31H39ClFN5O7S. The van der Waals surface area contributed by atoms with Gasteiger partial charge in [0.05, 0.1) is 12.9 Å². The van der Waals surface area contributed by atoms with E-state index < -0.39 is 45.4 Å².